The summed E-state index contributed by atoms with van der Waals surface area (Å²) in [6.07, 6.45) is 1.47. The molecular formula is C16H18Cl2N2O. The zero-order chi connectivity index (χ0) is 15.6. The Morgan fingerprint density at radius 3 is 2.29 bits per heavy atom. The molecule has 3 nitrogen and oxygen atoms in total. The van der Waals surface area contributed by atoms with Crippen LogP contribution in [0.2, 0.25) is 10.0 Å². The predicted octanol–water partition coefficient (Wildman–Crippen LogP) is 4.57. The van der Waals surface area contributed by atoms with Crippen LogP contribution in [0.5, 0.6) is 0 Å². The molecule has 0 aliphatic carbocycles. The van der Waals surface area contributed by atoms with E-state index in [0.29, 0.717) is 16.6 Å². The molecule has 1 aromatic heterocycles. The fraction of sp³-hybridized carbons (Fsp3) is 0.375. The molecule has 0 aliphatic heterocycles. The van der Waals surface area contributed by atoms with Gasteiger partial charge in [-0.3, -0.25) is 9.48 Å². The average molecular weight is 325 g/mol. The maximum atomic E-state index is 11.9. The molecule has 0 aliphatic rings. The standard InChI is InChI=1S/C16H18Cl2N2O/c1-4-14-16(10(3)21)15(5-2)20(19-14)9-11-12(17)7-6-8-13(11)18/h6-8H,4-5,9H2,1-3H3. The lowest BCUT2D eigenvalue weighted by Crippen LogP contribution is -2.08. The fourth-order valence-corrected chi connectivity index (χ4v) is 3.05. The van der Waals surface area contributed by atoms with E-state index in [1.165, 1.54) is 0 Å². The zero-order valence-electron chi connectivity index (χ0n) is 12.4. The number of Topliss-reactive ketones (excluding diaryl/α,β-unsaturated/α-hetero) is 1. The van der Waals surface area contributed by atoms with Gasteiger partial charge in [-0.25, -0.2) is 0 Å². The van der Waals surface area contributed by atoms with Crippen LogP contribution in [0.1, 0.15) is 48.1 Å². The van der Waals surface area contributed by atoms with E-state index >= 15 is 0 Å². The Morgan fingerprint density at radius 1 is 1.19 bits per heavy atom. The lowest BCUT2D eigenvalue weighted by molar-refractivity contribution is 0.101. The fourth-order valence-electron chi connectivity index (χ4n) is 2.53. The number of aryl methyl sites for hydroxylation is 1. The van der Waals surface area contributed by atoms with Gasteiger partial charge in [-0.15, -0.1) is 0 Å². The number of carbonyl (C=O) groups excluding carboxylic acids is 1. The van der Waals surface area contributed by atoms with Crippen LogP contribution in [0, 0.1) is 0 Å². The van der Waals surface area contributed by atoms with E-state index in [1.807, 2.05) is 36.7 Å². The van der Waals surface area contributed by atoms with Crippen molar-refractivity contribution in [2.45, 2.75) is 40.2 Å². The molecule has 1 aromatic carbocycles. The molecule has 1 heterocycles. The molecule has 0 bridgehead atoms. The third-order valence-electron chi connectivity index (χ3n) is 3.52. The number of hydrogen-bond acceptors (Lipinski definition) is 2. The van der Waals surface area contributed by atoms with Gasteiger partial charge < -0.3 is 0 Å². The molecule has 21 heavy (non-hydrogen) atoms. The Morgan fingerprint density at radius 2 is 1.81 bits per heavy atom. The second kappa shape index (κ2) is 6.63. The number of carbonyl (C=O) groups is 1. The summed E-state index contributed by atoms with van der Waals surface area (Å²) in [5.41, 5.74) is 3.34. The number of hydrogen-bond donors (Lipinski definition) is 0. The van der Waals surface area contributed by atoms with Crippen molar-refractivity contribution in [1.29, 1.82) is 0 Å². The topological polar surface area (TPSA) is 34.9 Å². The first-order chi connectivity index (χ1) is 9.99. The van der Waals surface area contributed by atoms with E-state index in [0.717, 1.165) is 35.4 Å². The molecule has 0 N–H and O–H groups in total. The first-order valence-electron chi connectivity index (χ1n) is 7.01. The minimum absolute atomic E-state index is 0.0557. The first-order valence-corrected chi connectivity index (χ1v) is 7.77. The van der Waals surface area contributed by atoms with Crippen LogP contribution >= 0.6 is 23.2 Å². The quantitative estimate of drug-likeness (QED) is 0.755. The highest BCUT2D eigenvalue weighted by Crippen LogP contribution is 2.26. The van der Waals surface area contributed by atoms with Gasteiger partial charge in [-0.1, -0.05) is 43.1 Å². The summed E-state index contributed by atoms with van der Waals surface area (Å²) in [4.78, 5) is 11.9. The second-order valence-corrected chi connectivity index (χ2v) is 5.70. The Labute approximate surface area is 134 Å². The van der Waals surface area contributed by atoms with E-state index in [-0.39, 0.29) is 5.78 Å². The summed E-state index contributed by atoms with van der Waals surface area (Å²) in [5.74, 6) is 0.0557. The summed E-state index contributed by atoms with van der Waals surface area (Å²) in [6, 6.07) is 5.44. The maximum Gasteiger partial charge on any atom is 0.163 e. The first kappa shape index (κ1) is 16.1. The monoisotopic (exact) mass is 324 g/mol. The van der Waals surface area contributed by atoms with Crippen LogP contribution < -0.4 is 0 Å². The van der Waals surface area contributed by atoms with Crippen LogP contribution in [0.25, 0.3) is 0 Å². The second-order valence-electron chi connectivity index (χ2n) is 4.89. The summed E-state index contributed by atoms with van der Waals surface area (Å²) in [5, 5.41) is 5.80. The molecule has 0 saturated carbocycles. The molecule has 0 radical (unpaired) electrons. The van der Waals surface area contributed by atoms with Crippen molar-refractivity contribution >= 4 is 29.0 Å². The van der Waals surface area contributed by atoms with Crippen molar-refractivity contribution in [3.05, 3.63) is 50.8 Å². The number of nitrogens with zero attached hydrogens (tertiary/aromatic N) is 2. The smallest absolute Gasteiger partial charge is 0.163 e. The number of aromatic nitrogens is 2. The molecule has 0 unspecified atom stereocenters. The average Bonchev–Trinajstić information content (AvgIpc) is 2.80. The van der Waals surface area contributed by atoms with Gasteiger partial charge in [0.15, 0.2) is 5.78 Å². The molecule has 0 atom stereocenters. The van der Waals surface area contributed by atoms with Crippen molar-refractivity contribution in [3.63, 3.8) is 0 Å². The Kier molecular flexibility index (Phi) is 5.07. The highest BCUT2D eigenvalue weighted by atomic mass is 35.5. The number of halogens is 2. The number of benzene rings is 1. The number of rotatable bonds is 5. The van der Waals surface area contributed by atoms with Crippen molar-refractivity contribution in [3.8, 4) is 0 Å². The van der Waals surface area contributed by atoms with Gasteiger partial charge in [0.05, 0.1) is 17.8 Å². The van der Waals surface area contributed by atoms with Gasteiger partial charge in [0.25, 0.3) is 0 Å². The SMILES string of the molecule is CCc1nn(Cc2c(Cl)cccc2Cl)c(CC)c1C(C)=O. The summed E-state index contributed by atoms with van der Waals surface area (Å²) in [6.45, 7) is 6.08. The van der Waals surface area contributed by atoms with Crippen LogP contribution in [-0.4, -0.2) is 15.6 Å². The van der Waals surface area contributed by atoms with Gasteiger partial charge in [-0.05, 0) is 31.9 Å². The molecule has 2 aromatic rings. The van der Waals surface area contributed by atoms with E-state index in [4.69, 9.17) is 23.2 Å². The molecule has 112 valence electrons. The Bertz CT molecular complexity index is 657. The Balaban J connectivity index is 2.52. The number of ketones is 1. The summed E-state index contributed by atoms with van der Waals surface area (Å²) in [7, 11) is 0. The van der Waals surface area contributed by atoms with E-state index in [2.05, 4.69) is 5.10 Å². The molecule has 0 spiro atoms. The lowest BCUT2D eigenvalue weighted by atomic mass is 10.1. The molecule has 0 saturated heterocycles. The van der Waals surface area contributed by atoms with Crippen LogP contribution in [0.3, 0.4) is 0 Å². The Hall–Kier alpha value is -1.32. The zero-order valence-corrected chi connectivity index (χ0v) is 13.9. The molecule has 2 rings (SSSR count). The van der Waals surface area contributed by atoms with Crippen LogP contribution in [0.4, 0.5) is 0 Å². The van der Waals surface area contributed by atoms with Crippen molar-refractivity contribution < 1.29 is 4.79 Å². The molecular weight excluding hydrogens is 307 g/mol. The van der Waals surface area contributed by atoms with Crippen molar-refractivity contribution in [1.82, 2.24) is 9.78 Å². The molecule has 0 amide bonds. The largest absolute Gasteiger partial charge is 0.294 e. The highest BCUT2D eigenvalue weighted by molar-refractivity contribution is 6.35. The van der Waals surface area contributed by atoms with E-state index in [1.54, 1.807) is 6.92 Å². The summed E-state index contributed by atoms with van der Waals surface area (Å²) < 4.78 is 1.85. The molecule has 5 heteroatoms. The van der Waals surface area contributed by atoms with Crippen molar-refractivity contribution in [2.24, 2.45) is 0 Å². The third-order valence-corrected chi connectivity index (χ3v) is 4.23. The van der Waals surface area contributed by atoms with Gasteiger partial charge in [0.2, 0.25) is 0 Å². The van der Waals surface area contributed by atoms with Crippen LogP contribution in [0.15, 0.2) is 18.2 Å². The third kappa shape index (κ3) is 3.14. The normalized spacial score (nSPS) is 10.9. The molecule has 0 fully saturated rings. The minimum atomic E-state index is 0.0557. The van der Waals surface area contributed by atoms with Gasteiger partial charge in [-0.2, -0.15) is 5.10 Å². The summed E-state index contributed by atoms with van der Waals surface area (Å²) >= 11 is 12.5. The minimum Gasteiger partial charge on any atom is -0.294 e. The van der Waals surface area contributed by atoms with Gasteiger partial charge >= 0.3 is 0 Å². The highest BCUT2D eigenvalue weighted by Gasteiger charge is 2.20. The van der Waals surface area contributed by atoms with E-state index < -0.39 is 0 Å². The van der Waals surface area contributed by atoms with Gasteiger partial charge in [0.1, 0.15) is 0 Å². The predicted molar refractivity (Wildman–Crippen MR) is 86.6 cm³/mol. The maximum absolute atomic E-state index is 11.9. The van der Waals surface area contributed by atoms with Gasteiger partial charge in [0, 0.05) is 21.3 Å². The lowest BCUT2D eigenvalue weighted by Gasteiger charge is -2.10. The van der Waals surface area contributed by atoms with E-state index in [9.17, 15) is 4.79 Å². The van der Waals surface area contributed by atoms with Crippen molar-refractivity contribution in [2.75, 3.05) is 0 Å². The van der Waals surface area contributed by atoms with Crippen LogP contribution in [-0.2, 0) is 19.4 Å².